The van der Waals surface area contributed by atoms with Gasteiger partial charge in [0.15, 0.2) is 0 Å². The largest absolute Gasteiger partial charge is 0.304 e. The lowest BCUT2D eigenvalue weighted by Gasteiger charge is -2.17. The minimum atomic E-state index is 0.226. The first kappa shape index (κ1) is 13.2. The summed E-state index contributed by atoms with van der Waals surface area (Å²) in [5.74, 6) is 0. The van der Waals surface area contributed by atoms with Gasteiger partial charge in [0.05, 0.1) is 6.04 Å². The molecule has 2 nitrogen and oxygen atoms in total. The van der Waals surface area contributed by atoms with Gasteiger partial charge in [-0.2, -0.15) is 0 Å². The van der Waals surface area contributed by atoms with Gasteiger partial charge in [-0.05, 0) is 43.5 Å². The van der Waals surface area contributed by atoms with Gasteiger partial charge in [-0.1, -0.05) is 25.1 Å². The highest BCUT2D eigenvalue weighted by molar-refractivity contribution is 7.09. The molecule has 1 N–H and O–H groups in total. The summed E-state index contributed by atoms with van der Waals surface area (Å²) in [5, 5.41) is 6.77. The van der Waals surface area contributed by atoms with E-state index >= 15 is 0 Å². The van der Waals surface area contributed by atoms with Crippen LogP contribution < -0.4 is 5.32 Å². The van der Waals surface area contributed by atoms with Crippen LogP contribution in [0.3, 0.4) is 0 Å². The van der Waals surface area contributed by atoms with Crippen molar-refractivity contribution in [2.45, 2.75) is 33.2 Å². The molecule has 1 unspecified atom stereocenters. The van der Waals surface area contributed by atoms with Crippen LogP contribution in [0.2, 0.25) is 0 Å². The summed E-state index contributed by atoms with van der Waals surface area (Å²) in [6, 6.07) is 6.89. The topological polar surface area (TPSA) is 24.9 Å². The first-order valence-electron chi connectivity index (χ1n) is 6.42. The molecule has 2 rings (SSSR count). The molecule has 0 spiro atoms. The summed E-state index contributed by atoms with van der Waals surface area (Å²) in [6.07, 6.45) is 3.01. The summed E-state index contributed by atoms with van der Waals surface area (Å²) in [7, 11) is 0. The number of rotatable bonds is 5. The van der Waals surface area contributed by atoms with E-state index in [2.05, 4.69) is 49.3 Å². The van der Waals surface area contributed by atoms with Gasteiger partial charge in [-0.25, -0.2) is 4.98 Å². The Kier molecular flexibility index (Phi) is 4.50. The van der Waals surface area contributed by atoms with Crippen LogP contribution in [-0.4, -0.2) is 11.5 Å². The zero-order valence-corrected chi connectivity index (χ0v) is 12.1. The van der Waals surface area contributed by atoms with Gasteiger partial charge >= 0.3 is 0 Å². The van der Waals surface area contributed by atoms with E-state index in [1.54, 1.807) is 11.3 Å². The quantitative estimate of drug-likeness (QED) is 0.883. The second kappa shape index (κ2) is 6.12. The molecular formula is C15H20N2S. The van der Waals surface area contributed by atoms with E-state index in [1.807, 2.05) is 11.6 Å². The van der Waals surface area contributed by atoms with E-state index in [-0.39, 0.29) is 6.04 Å². The number of thiazole rings is 1. The van der Waals surface area contributed by atoms with Crippen molar-refractivity contribution < 1.29 is 0 Å². The third-order valence-electron chi connectivity index (χ3n) is 3.16. The summed E-state index contributed by atoms with van der Waals surface area (Å²) in [4.78, 5) is 4.45. The van der Waals surface area contributed by atoms with Crippen LogP contribution in [0.5, 0.6) is 0 Å². The first-order valence-corrected chi connectivity index (χ1v) is 7.30. The SMILES string of the molecule is CCCNC(c1ccc(C)c(C)c1)c1nccs1. The third-order valence-corrected chi connectivity index (χ3v) is 4.00. The lowest BCUT2D eigenvalue weighted by molar-refractivity contribution is 0.595. The van der Waals surface area contributed by atoms with E-state index in [0.717, 1.165) is 18.0 Å². The Morgan fingerprint density at radius 2 is 2.11 bits per heavy atom. The molecule has 0 amide bonds. The van der Waals surface area contributed by atoms with E-state index in [1.165, 1.54) is 16.7 Å². The maximum atomic E-state index is 4.45. The molecule has 1 heterocycles. The molecular weight excluding hydrogens is 240 g/mol. The fourth-order valence-corrected chi connectivity index (χ4v) is 2.70. The molecule has 0 fully saturated rings. The number of aromatic nitrogens is 1. The van der Waals surface area contributed by atoms with Gasteiger partial charge in [0.25, 0.3) is 0 Å². The minimum absolute atomic E-state index is 0.226. The van der Waals surface area contributed by atoms with Crippen molar-refractivity contribution in [2.75, 3.05) is 6.54 Å². The first-order chi connectivity index (χ1) is 8.72. The molecule has 2 aromatic rings. The summed E-state index contributed by atoms with van der Waals surface area (Å²) in [6.45, 7) is 7.51. The number of aryl methyl sites for hydroxylation is 2. The second-order valence-electron chi connectivity index (χ2n) is 4.60. The Morgan fingerprint density at radius 3 is 2.72 bits per heavy atom. The maximum Gasteiger partial charge on any atom is 0.114 e. The van der Waals surface area contributed by atoms with Gasteiger partial charge < -0.3 is 5.32 Å². The predicted molar refractivity (Wildman–Crippen MR) is 78.2 cm³/mol. The molecule has 0 radical (unpaired) electrons. The lowest BCUT2D eigenvalue weighted by Crippen LogP contribution is -2.23. The van der Waals surface area contributed by atoms with Crippen molar-refractivity contribution in [1.82, 2.24) is 10.3 Å². The molecule has 1 aromatic heterocycles. The third kappa shape index (κ3) is 2.98. The van der Waals surface area contributed by atoms with E-state index < -0.39 is 0 Å². The van der Waals surface area contributed by atoms with Gasteiger partial charge in [0, 0.05) is 11.6 Å². The predicted octanol–water partition coefficient (Wildman–Crippen LogP) is 3.85. The van der Waals surface area contributed by atoms with Gasteiger partial charge in [0.1, 0.15) is 5.01 Å². The fraction of sp³-hybridized carbons (Fsp3) is 0.400. The monoisotopic (exact) mass is 260 g/mol. The van der Waals surface area contributed by atoms with Gasteiger partial charge in [0.2, 0.25) is 0 Å². The van der Waals surface area contributed by atoms with Crippen molar-refractivity contribution in [1.29, 1.82) is 0 Å². The summed E-state index contributed by atoms with van der Waals surface area (Å²) < 4.78 is 0. The van der Waals surface area contributed by atoms with Crippen molar-refractivity contribution in [3.8, 4) is 0 Å². The molecule has 1 atom stereocenters. The Balaban J connectivity index is 2.30. The highest BCUT2D eigenvalue weighted by atomic mass is 32.1. The molecule has 0 aliphatic heterocycles. The number of nitrogens with one attached hydrogen (secondary N) is 1. The average molecular weight is 260 g/mol. The molecule has 0 aliphatic carbocycles. The zero-order valence-electron chi connectivity index (χ0n) is 11.2. The number of hydrogen-bond donors (Lipinski definition) is 1. The van der Waals surface area contributed by atoms with Gasteiger partial charge in [-0.15, -0.1) is 11.3 Å². The second-order valence-corrected chi connectivity index (χ2v) is 5.53. The highest BCUT2D eigenvalue weighted by Crippen LogP contribution is 2.25. The van der Waals surface area contributed by atoms with Crippen LogP contribution in [0.4, 0.5) is 0 Å². The zero-order chi connectivity index (χ0) is 13.0. The van der Waals surface area contributed by atoms with Crippen LogP contribution in [0, 0.1) is 13.8 Å². The number of nitrogens with zero attached hydrogens (tertiary/aromatic N) is 1. The van der Waals surface area contributed by atoms with Crippen LogP contribution in [0.25, 0.3) is 0 Å². The van der Waals surface area contributed by atoms with Crippen LogP contribution in [-0.2, 0) is 0 Å². The van der Waals surface area contributed by atoms with Crippen molar-refractivity contribution in [3.05, 3.63) is 51.5 Å². The van der Waals surface area contributed by atoms with E-state index in [0.29, 0.717) is 0 Å². The normalized spacial score (nSPS) is 12.6. The fourth-order valence-electron chi connectivity index (χ4n) is 1.96. The van der Waals surface area contributed by atoms with Crippen LogP contribution in [0.15, 0.2) is 29.8 Å². The average Bonchev–Trinajstić information content (AvgIpc) is 2.88. The number of benzene rings is 1. The smallest absolute Gasteiger partial charge is 0.114 e. The summed E-state index contributed by atoms with van der Waals surface area (Å²) in [5.41, 5.74) is 3.99. The van der Waals surface area contributed by atoms with Crippen molar-refractivity contribution in [2.24, 2.45) is 0 Å². The molecule has 96 valence electrons. The summed E-state index contributed by atoms with van der Waals surface area (Å²) >= 11 is 1.71. The Hall–Kier alpha value is -1.19. The lowest BCUT2D eigenvalue weighted by atomic mass is 10.0. The molecule has 3 heteroatoms. The number of hydrogen-bond acceptors (Lipinski definition) is 3. The molecule has 1 aromatic carbocycles. The van der Waals surface area contributed by atoms with Gasteiger partial charge in [-0.3, -0.25) is 0 Å². The molecule has 0 saturated carbocycles. The van der Waals surface area contributed by atoms with Crippen LogP contribution in [0.1, 0.15) is 41.1 Å². The van der Waals surface area contributed by atoms with Crippen molar-refractivity contribution in [3.63, 3.8) is 0 Å². The van der Waals surface area contributed by atoms with Crippen LogP contribution >= 0.6 is 11.3 Å². The Morgan fingerprint density at radius 1 is 1.28 bits per heavy atom. The van der Waals surface area contributed by atoms with Crippen molar-refractivity contribution >= 4 is 11.3 Å². The molecule has 0 bridgehead atoms. The van der Waals surface area contributed by atoms with E-state index in [9.17, 15) is 0 Å². The maximum absolute atomic E-state index is 4.45. The minimum Gasteiger partial charge on any atom is -0.304 e. The molecule has 18 heavy (non-hydrogen) atoms. The molecule has 0 saturated heterocycles. The molecule has 0 aliphatic rings. The Bertz CT molecular complexity index is 491. The highest BCUT2D eigenvalue weighted by Gasteiger charge is 2.15. The van der Waals surface area contributed by atoms with E-state index in [4.69, 9.17) is 0 Å². The standard InChI is InChI=1S/C15H20N2S/c1-4-7-16-14(15-17-8-9-18-15)13-6-5-11(2)12(3)10-13/h5-6,8-10,14,16H,4,7H2,1-3H3. The Labute approximate surface area is 113 Å².